The number of nitrogens with two attached hydrogens (primary N) is 1. The maximum absolute atomic E-state index is 13.1. The molecule has 0 spiro atoms. The molecule has 0 saturated heterocycles. The standard InChI is InChI=1S/C29H26N4O4S/c1-4-37-25(34)12-10-19-15-31-28(30)26-20(16-38-27(19)26)17-9-11-21(24(14-17)36-3)32-29(35)23-13-18-7-5-6-8-22(18)33(23)2/h5-16H,4H2,1-3H3,(H2,30,31)(H,32,35). The van der Waals surface area contributed by atoms with Gasteiger partial charge >= 0.3 is 5.97 Å². The molecule has 3 heterocycles. The largest absolute Gasteiger partial charge is 0.495 e. The molecule has 9 heteroatoms. The summed E-state index contributed by atoms with van der Waals surface area (Å²) in [6, 6.07) is 15.3. The molecule has 8 nitrogen and oxygen atoms in total. The maximum Gasteiger partial charge on any atom is 0.330 e. The summed E-state index contributed by atoms with van der Waals surface area (Å²) in [5.41, 5.74) is 10.9. The topological polar surface area (TPSA) is 108 Å². The highest BCUT2D eigenvalue weighted by Gasteiger charge is 2.18. The summed E-state index contributed by atoms with van der Waals surface area (Å²) in [5.74, 6) is 0.248. The zero-order valence-electron chi connectivity index (χ0n) is 21.1. The number of rotatable bonds is 7. The summed E-state index contributed by atoms with van der Waals surface area (Å²) in [4.78, 5) is 29.3. The summed E-state index contributed by atoms with van der Waals surface area (Å²) in [5, 5.41) is 6.75. The third-order valence-electron chi connectivity index (χ3n) is 6.28. The Labute approximate surface area is 223 Å². The second-order valence-corrected chi connectivity index (χ2v) is 9.43. The number of carbonyl (C=O) groups excluding carboxylic acids is 2. The molecule has 38 heavy (non-hydrogen) atoms. The van der Waals surface area contributed by atoms with E-state index in [0.29, 0.717) is 29.6 Å². The summed E-state index contributed by atoms with van der Waals surface area (Å²) < 4.78 is 13.4. The number of benzene rings is 2. The predicted octanol–water partition coefficient (Wildman–Crippen LogP) is 5.87. The van der Waals surface area contributed by atoms with Gasteiger partial charge in [0.05, 0.1) is 19.4 Å². The monoisotopic (exact) mass is 526 g/mol. The van der Waals surface area contributed by atoms with Crippen molar-refractivity contribution < 1.29 is 19.1 Å². The van der Waals surface area contributed by atoms with E-state index >= 15 is 0 Å². The molecule has 1 amide bonds. The average Bonchev–Trinajstić information content (AvgIpc) is 3.51. The third kappa shape index (κ3) is 4.59. The van der Waals surface area contributed by atoms with Gasteiger partial charge in [0, 0.05) is 51.4 Å². The Morgan fingerprint density at radius 1 is 1.18 bits per heavy atom. The number of fused-ring (bicyclic) bond motifs is 2. The fourth-order valence-corrected chi connectivity index (χ4v) is 5.50. The van der Waals surface area contributed by atoms with Crippen molar-refractivity contribution in [2.24, 2.45) is 7.05 Å². The molecule has 0 aliphatic rings. The molecule has 0 fully saturated rings. The molecule has 3 N–H and O–H groups in total. The number of para-hydroxylation sites is 1. The van der Waals surface area contributed by atoms with E-state index in [2.05, 4.69) is 10.3 Å². The smallest absolute Gasteiger partial charge is 0.330 e. The Hall–Kier alpha value is -4.63. The summed E-state index contributed by atoms with van der Waals surface area (Å²) in [6.07, 6.45) is 4.70. The summed E-state index contributed by atoms with van der Waals surface area (Å²) in [6.45, 7) is 2.07. The Morgan fingerprint density at radius 3 is 2.76 bits per heavy atom. The van der Waals surface area contributed by atoms with Gasteiger partial charge in [-0.1, -0.05) is 24.3 Å². The van der Waals surface area contributed by atoms with Gasteiger partial charge in [-0.2, -0.15) is 0 Å². The third-order valence-corrected chi connectivity index (χ3v) is 7.31. The first kappa shape index (κ1) is 25.0. The van der Waals surface area contributed by atoms with Gasteiger partial charge < -0.3 is 25.1 Å². The Balaban J connectivity index is 1.47. The number of carbonyl (C=O) groups is 2. The number of thiophene rings is 1. The predicted molar refractivity (Wildman–Crippen MR) is 153 cm³/mol. The van der Waals surface area contributed by atoms with Gasteiger partial charge in [-0.05, 0) is 48.2 Å². The van der Waals surface area contributed by atoms with Gasteiger partial charge in [0.25, 0.3) is 5.91 Å². The van der Waals surface area contributed by atoms with E-state index in [1.54, 1.807) is 26.3 Å². The van der Waals surface area contributed by atoms with E-state index in [4.69, 9.17) is 15.2 Å². The molecule has 0 radical (unpaired) electrons. The lowest BCUT2D eigenvalue weighted by Gasteiger charge is -2.13. The molecule has 0 atom stereocenters. The average molecular weight is 527 g/mol. The van der Waals surface area contributed by atoms with Crippen molar-refractivity contribution >= 4 is 61.8 Å². The number of methoxy groups -OCH3 is 1. The summed E-state index contributed by atoms with van der Waals surface area (Å²) >= 11 is 1.51. The van der Waals surface area contributed by atoms with Crippen molar-refractivity contribution in [3.05, 3.63) is 77.4 Å². The fourth-order valence-electron chi connectivity index (χ4n) is 4.42. The van der Waals surface area contributed by atoms with E-state index in [1.165, 1.54) is 17.4 Å². The number of pyridine rings is 1. The highest BCUT2D eigenvalue weighted by Crippen LogP contribution is 2.41. The zero-order chi connectivity index (χ0) is 26.8. The molecule has 2 aromatic carbocycles. The molecule has 0 bridgehead atoms. The minimum Gasteiger partial charge on any atom is -0.495 e. The van der Waals surface area contributed by atoms with Crippen LogP contribution in [0, 0.1) is 0 Å². The molecule has 0 unspecified atom stereocenters. The van der Waals surface area contributed by atoms with Crippen LogP contribution < -0.4 is 15.8 Å². The van der Waals surface area contributed by atoms with Crippen LogP contribution in [0.1, 0.15) is 23.0 Å². The normalized spacial score (nSPS) is 11.3. The van der Waals surface area contributed by atoms with Crippen LogP contribution in [-0.4, -0.2) is 35.1 Å². The number of esters is 1. The number of nitrogens with zero attached hydrogens (tertiary/aromatic N) is 2. The number of aromatic nitrogens is 2. The van der Waals surface area contributed by atoms with Crippen LogP contribution in [0.2, 0.25) is 0 Å². The van der Waals surface area contributed by atoms with Gasteiger partial charge in [0.15, 0.2) is 0 Å². The van der Waals surface area contributed by atoms with Crippen molar-refractivity contribution in [1.29, 1.82) is 0 Å². The van der Waals surface area contributed by atoms with Crippen molar-refractivity contribution in [2.45, 2.75) is 6.92 Å². The quantitative estimate of drug-likeness (QED) is 0.203. The molecular weight excluding hydrogens is 500 g/mol. The number of ether oxygens (including phenoxy) is 2. The van der Waals surface area contributed by atoms with E-state index in [1.807, 2.05) is 65.5 Å². The first-order chi connectivity index (χ1) is 18.4. The number of aryl methyl sites for hydroxylation is 1. The second kappa shape index (κ2) is 10.4. The van der Waals surface area contributed by atoms with Crippen LogP contribution >= 0.6 is 11.3 Å². The molecule has 0 aliphatic heterocycles. The van der Waals surface area contributed by atoms with Crippen LogP contribution in [0.4, 0.5) is 11.5 Å². The zero-order valence-corrected chi connectivity index (χ0v) is 22.0. The van der Waals surface area contributed by atoms with Crippen molar-refractivity contribution in [2.75, 3.05) is 24.8 Å². The Kier molecular flexibility index (Phi) is 6.85. The van der Waals surface area contributed by atoms with Crippen LogP contribution in [0.5, 0.6) is 5.75 Å². The number of anilines is 2. The highest BCUT2D eigenvalue weighted by atomic mass is 32.1. The fraction of sp³-hybridized carbons (Fsp3) is 0.138. The number of nitrogens with one attached hydrogen (secondary N) is 1. The molecule has 5 aromatic rings. The minimum absolute atomic E-state index is 0.234. The molecular formula is C29H26N4O4S. The van der Waals surface area contributed by atoms with E-state index in [0.717, 1.165) is 37.7 Å². The second-order valence-electron chi connectivity index (χ2n) is 8.55. The lowest BCUT2D eigenvalue weighted by molar-refractivity contribution is -0.137. The maximum atomic E-state index is 13.1. The Bertz CT molecular complexity index is 1720. The van der Waals surface area contributed by atoms with Crippen LogP contribution in [0.15, 0.2) is 66.2 Å². The van der Waals surface area contributed by atoms with E-state index in [9.17, 15) is 9.59 Å². The van der Waals surface area contributed by atoms with Crippen molar-refractivity contribution in [3.63, 3.8) is 0 Å². The lowest BCUT2D eigenvalue weighted by Crippen LogP contribution is -2.16. The summed E-state index contributed by atoms with van der Waals surface area (Å²) in [7, 11) is 3.43. The van der Waals surface area contributed by atoms with Gasteiger partial charge in [-0.25, -0.2) is 9.78 Å². The van der Waals surface area contributed by atoms with Crippen LogP contribution in [0.25, 0.3) is 38.2 Å². The molecule has 0 aliphatic carbocycles. The molecule has 5 rings (SSSR count). The number of hydrogen-bond acceptors (Lipinski definition) is 7. The highest BCUT2D eigenvalue weighted by molar-refractivity contribution is 7.18. The first-order valence-corrected chi connectivity index (χ1v) is 12.8. The minimum atomic E-state index is -0.417. The van der Waals surface area contributed by atoms with E-state index < -0.39 is 5.97 Å². The molecule has 0 saturated carbocycles. The van der Waals surface area contributed by atoms with Crippen LogP contribution in [-0.2, 0) is 16.6 Å². The Morgan fingerprint density at radius 2 is 2.00 bits per heavy atom. The molecule has 3 aromatic heterocycles. The number of nitrogen functional groups attached to an aromatic ring is 1. The van der Waals surface area contributed by atoms with E-state index in [-0.39, 0.29) is 5.91 Å². The number of amides is 1. The molecule has 192 valence electrons. The van der Waals surface area contributed by atoms with Crippen molar-refractivity contribution in [3.8, 4) is 16.9 Å². The van der Waals surface area contributed by atoms with Crippen molar-refractivity contribution in [1.82, 2.24) is 9.55 Å². The lowest BCUT2D eigenvalue weighted by atomic mass is 10.0. The van der Waals surface area contributed by atoms with Gasteiger partial charge in [0.1, 0.15) is 17.3 Å². The van der Waals surface area contributed by atoms with Gasteiger partial charge in [-0.3, -0.25) is 4.79 Å². The van der Waals surface area contributed by atoms with Gasteiger partial charge in [0.2, 0.25) is 0 Å². The SMILES string of the molecule is CCOC(=O)C=Cc1cnc(N)c2c(-c3ccc(NC(=O)c4cc5ccccc5n4C)c(OC)c3)csc12. The number of hydrogen-bond donors (Lipinski definition) is 2. The van der Waals surface area contributed by atoms with Crippen LogP contribution in [0.3, 0.4) is 0 Å². The first-order valence-electron chi connectivity index (χ1n) is 12.0. The van der Waals surface area contributed by atoms with Gasteiger partial charge in [-0.15, -0.1) is 11.3 Å².